The first-order valence-corrected chi connectivity index (χ1v) is 30.6. The van der Waals surface area contributed by atoms with Crippen LogP contribution in [0, 0.1) is 11.8 Å². The molecule has 2 aliphatic carbocycles. The van der Waals surface area contributed by atoms with Gasteiger partial charge in [-0.25, -0.2) is 19.9 Å². The van der Waals surface area contributed by atoms with Crippen LogP contribution < -0.4 is 4.74 Å². The number of hydrogen-bond acceptors (Lipinski definition) is 5. The zero-order valence-corrected chi connectivity index (χ0v) is 46.2. The summed E-state index contributed by atoms with van der Waals surface area (Å²) in [7, 11) is 0. The quantitative estimate of drug-likeness (QED) is 0.0425. The topological polar surface area (TPSA) is 60.8 Å². The lowest BCUT2D eigenvalue weighted by Gasteiger charge is -2.29. The van der Waals surface area contributed by atoms with E-state index < -0.39 is 0 Å². The molecule has 0 radical (unpaired) electrons. The summed E-state index contributed by atoms with van der Waals surface area (Å²) in [6.45, 7) is 9.21. The smallest absolute Gasteiger partial charge is 0.131 e. The van der Waals surface area contributed by atoms with Crippen LogP contribution in [-0.4, -0.2) is 19.9 Å². The van der Waals surface area contributed by atoms with Gasteiger partial charge >= 0.3 is 0 Å². The average molecular weight is 968 g/mol. The predicted octanol–water partition coefficient (Wildman–Crippen LogP) is 19.7. The van der Waals surface area contributed by atoms with Gasteiger partial charge in [0.05, 0.1) is 0 Å². The average Bonchev–Trinajstić information content (AvgIpc) is 3.40. The van der Waals surface area contributed by atoms with E-state index in [4.69, 9.17) is 24.7 Å². The SMILES string of the molecule is CCCCCCCCCCc1cnc(C2CCC(Cc3cc(CCCCCC)ccc3Oc3ccc(CCCCCC)cc3CC3CCC(c4ncc(CCCCCCCCCC)cn4)CC3)CC2)nc1. The molecule has 2 aromatic carbocycles. The third-order valence-electron chi connectivity index (χ3n) is 16.6. The minimum absolute atomic E-state index is 0.476. The number of ether oxygens (including phenoxy) is 1. The summed E-state index contributed by atoms with van der Waals surface area (Å²) < 4.78 is 7.21. The van der Waals surface area contributed by atoms with Crippen molar-refractivity contribution in [3.05, 3.63) is 106 Å². The third kappa shape index (κ3) is 21.0. The minimum atomic E-state index is 0.476. The van der Waals surface area contributed by atoms with E-state index in [2.05, 4.69) is 88.9 Å². The van der Waals surface area contributed by atoms with E-state index in [-0.39, 0.29) is 0 Å². The van der Waals surface area contributed by atoms with Gasteiger partial charge in [0.1, 0.15) is 23.1 Å². The fraction of sp³-hybridized carbons (Fsp3) is 0.697. The monoisotopic (exact) mass is 967 g/mol. The number of nitrogens with zero attached hydrogens (tertiary/aromatic N) is 4. The summed E-state index contributed by atoms with van der Waals surface area (Å²) >= 11 is 0. The Hall–Kier alpha value is -3.60. The summed E-state index contributed by atoms with van der Waals surface area (Å²) in [6, 6.07) is 14.4. The molecule has 2 aliphatic rings. The van der Waals surface area contributed by atoms with E-state index in [1.807, 2.05) is 0 Å². The van der Waals surface area contributed by atoms with Crippen LogP contribution in [0.1, 0.15) is 290 Å². The van der Waals surface area contributed by atoms with Crippen LogP contribution in [0.3, 0.4) is 0 Å². The number of benzene rings is 2. The summed E-state index contributed by atoms with van der Waals surface area (Å²) in [4.78, 5) is 19.8. The standard InChI is InChI=1S/C66H102N4O/c1-5-9-13-17-19-21-23-27-31-57-49-67-65(68-50-57)59-39-33-55(34-40-59)47-61-45-53(29-25-15-11-7-3)37-43-63(61)71-64-44-38-54(30-26-16-12-8-4)46-62(64)48-56-35-41-60(42-36-56)66-69-51-58(52-70-66)32-28-24-22-20-18-14-10-6-2/h37-38,43-46,49-52,55-56,59-60H,5-36,39-42,47-48H2,1-4H3. The predicted molar refractivity (Wildman–Crippen MR) is 302 cm³/mol. The first kappa shape index (κ1) is 56.7. The van der Waals surface area contributed by atoms with Crippen LogP contribution in [0.25, 0.3) is 0 Å². The maximum absolute atomic E-state index is 7.21. The number of aromatic nitrogens is 4. The van der Waals surface area contributed by atoms with Crippen molar-refractivity contribution in [1.82, 2.24) is 19.9 Å². The fourth-order valence-electron chi connectivity index (χ4n) is 11.9. The third-order valence-corrected chi connectivity index (χ3v) is 16.6. The molecule has 392 valence electrons. The van der Waals surface area contributed by atoms with Crippen LogP contribution in [0.5, 0.6) is 11.5 Å². The first-order valence-electron chi connectivity index (χ1n) is 30.6. The van der Waals surface area contributed by atoms with Crippen LogP contribution in [-0.2, 0) is 38.5 Å². The van der Waals surface area contributed by atoms with Gasteiger partial charge in [-0.05, 0) is 173 Å². The van der Waals surface area contributed by atoms with Crippen molar-refractivity contribution < 1.29 is 4.74 Å². The molecular weight excluding hydrogens is 865 g/mol. The number of rotatable bonds is 36. The second-order valence-corrected chi connectivity index (χ2v) is 22.8. The number of unbranched alkanes of at least 4 members (excludes halogenated alkanes) is 20. The number of hydrogen-bond donors (Lipinski definition) is 0. The molecule has 2 saturated carbocycles. The Morgan fingerprint density at radius 3 is 0.986 bits per heavy atom. The molecule has 5 nitrogen and oxygen atoms in total. The molecule has 5 heteroatoms. The molecule has 0 aliphatic heterocycles. The van der Waals surface area contributed by atoms with Crippen molar-refractivity contribution in [3.63, 3.8) is 0 Å². The van der Waals surface area contributed by atoms with Gasteiger partial charge in [-0.2, -0.15) is 0 Å². The van der Waals surface area contributed by atoms with Crippen molar-refractivity contribution in [3.8, 4) is 11.5 Å². The highest BCUT2D eigenvalue weighted by atomic mass is 16.5. The highest BCUT2D eigenvalue weighted by Gasteiger charge is 2.28. The van der Waals surface area contributed by atoms with Gasteiger partial charge in [0.2, 0.25) is 0 Å². The van der Waals surface area contributed by atoms with Crippen LogP contribution in [0.15, 0.2) is 61.2 Å². The summed E-state index contributed by atoms with van der Waals surface area (Å²) in [5, 5.41) is 0. The minimum Gasteiger partial charge on any atom is -0.457 e. The molecule has 0 saturated heterocycles. The Labute approximate surface area is 435 Å². The van der Waals surface area contributed by atoms with Crippen molar-refractivity contribution in [2.75, 3.05) is 0 Å². The first-order chi connectivity index (χ1) is 35.0. The Morgan fingerprint density at radius 1 is 0.352 bits per heavy atom. The molecule has 2 fully saturated rings. The maximum Gasteiger partial charge on any atom is 0.131 e. The van der Waals surface area contributed by atoms with E-state index in [1.165, 1.54) is 239 Å². The Kier molecular flexibility index (Phi) is 27.1. The van der Waals surface area contributed by atoms with E-state index in [0.29, 0.717) is 23.7 Å². The van der Waals surface area contributed by atoms with Gasteiger partial charge in [-0.1, -0.05) is 180 Å². The highest BCUT2D eigenvalue weighted by molar-refractivity contribution is 5.45. The summed E-state index contributed by atoms with van der Waals surface area (Å²) in [6.07, 6.45) is 56.9. The molecule has 0 atom stereocenters. The van der Waals surface area contributed by atoms with Crippen molar-refractivity contribution in [1.29, 1.82) is 0 Å². The maximum atomic E-state index is 7.21. The van der Waals surface area contributed by atoms with Gasteiger partial charge in [0.15, 0.2) is 0 Å². The van der Waals surface area contributed by atoms with E-state index in [1.54, 1.807) is 0 Å². The fourth-order valence-corrected chi connectivity index (χ4v) is 11.9. The normalized spacial score (nSPS) is 18.3. The molecule has 0 amide bonds. The van der Waals surface area contributed by atoms with E-state index >= 15 is 0 Å². The lowest BCUT2D eigenvalue weighted by molar-refractivity contribution is 0.312. The molecule has 4 aromatic rings. The highest BCUT2D eigenvalue weighted by Crippen LogP contribution is 2.41. The summed E-state index contributed by atoms with van der Waals surface area (Å²) in [5.41, 5.74) is 8.37. The molecule has 0 spiro atoms. The molecule has 6 rings (SSSR count). The Balaban J connectivity index is 1.05. The summed E-state index contributed by atoms with van der Waals surface area (Å²) in [5.74, 6) is 6.55. The van der Waals surface area contributed by atoms with Crippen LogP contribution in [0.4, 0.5) is 0 Å². The van der Waals surface area contributed by atoms with Crippen molar-refractivity contribution in [2.24, 2.45) is 11.8 Å². The van der Waals surface area contributed by atoms with Crippen LogP contribution >= 0.6 is 0 Å². The van der Waals surface area contributed by atoms with E-state index in [0.717, 1.165) is 61.7 Å². The zero-order valence-electron chi connectivity index (χ0n) is 46.2. The molecule has 0 unspecified atom stereocenters. The van der Waals surface area contributed by atoms with Gasteiger partial charge in [-0.15, -0.1) is 0 Å². The lowest BCUT2D eigenvalue weighted by atomic mass is 9.78. The largest absolute Gasteiger partial charge is 0.457 e. The molecule has 0 bridgehead atoms. The van der Waals surface area contributed by atoms with E-state index in [9.17, 15) is 0 Å². The molecule has 0 N–H and O–H groups in total. The van der Waals surface area contributed by atoms with Crippen molar-refractivity contribution in [2.45, 2.75) is 284 Å². The van der Waals surface area contributed by atoms with Gasteiger partial charge in [-0.3, -0.25) is 0 Å². The lowest BCUT2D eigenvalue weighted by Crippen LogP contribution is -2.18. The van der Waals surface area contributed by atoms with Crippen molar-refractivity contribution >= 4 is 0 Å². The molecule has 71 heavy (non-hydrogen) atoms. The Bertz CT molecular complexity index is 1830. The van der Waals surface area contributed by atoms with Crippen LogP contribution in [0.2, 0.25) is 0 Å². The molecular formula is C66H102N4O. The van der Waals surface area contributed by atoms with Gasteiger partial charge in [0.25, 0.3) is 0 Å². The second kappa shape index (κ2) is 34.0. The second-order valence-electron chi connectivity index (χ2n) is 22.8. The number of aryl methyl sites for hydroxylation is 4. The van der Waals surface area contributed by atoms with Gasteiger partial charge < -0.3 is 4.74 Å². The molecule has 2 aromatic heterocycles. The molecule has 2 heterocycles. The Morgan fingerprint density at radius 2 is 0.648 bits per heavy atom. The van der Waals surface area contributed by atoms with Gasteiger partial charge in [0, 0.05) is 36.6 Å². The zero-order chi connectivity index (χ0) is 49.6.